The second kappa shape index (κ2) is 8.51. The van der Waals surface area contributed by atoms with Gasteiger partial charge in [-0.05, 0) is 49.1 Å². The molecule has 2 aliphatic heterocycles. The lowest BCUT2D eigenvalue weighted by Gasteiger charge is -2.34. The third-order valence-electron chi connectivity index (χ3n) is 5.76. The highest BCUT2D eigenvalue weighted by Gasteiger charge is 2.30. The topological polar surface area (TPSA) is 71.5 Å². The summed E-state index contributed by atoms with van der Waals surface area (Å²) in [6.45, 7) is 0.758. The molecule has 3 heterocycles. The highest BCUT2D eigenvalue weighted by atomic mass is 32.1. The van der Waals surface area contributed by atoms with Crippen molar-refractivity contribution in [2.75, 3.05) is 18.5 Å². The Morgan fingerprint density at radius 3 is 2.94 bits per heavy atom. The second-order valence-electron chi connectivity index (χ2n) is 7.87. The van der Waals surface area contributed by atoms with Crippen LogP contribution in [0.3, 0.4) is 0 Å². The van der Waals surface area contributed by atoms with Crippen molar-refractivity contribution in [3.8, 4) is 17.0 Å². The van der Waals surface area contributed by atoms with Gasteiger partial charge in [-0.1, -0.05) is 24.3 Å². The van der Waals surface area contributed by atoms with Crippen LogP contribution in [0, 0.1) is 0 Å². The molecule has 158 valence electrons. The molecule has 7 heteroatoms. The Morgan fingerprint density at radius 1 is 1.19 bits per heavy atom. The molecule has 0 aliphatic carbocycles. The molecular formula is C24H23N3O3S. The fourth-order valence-corrected chi connectivity index (χ4v) is 5.17. The van der Waals surface area contributed by atoms with Gasteiger partial charge in [-0.2, -0.15) is 0 Å². The maximum atomic E-state index is 12.9. The number of thiazole rings is 1. The molecule has 0 saturated carbocycles. The van der Waals surface area contributed by atoms with Gasteiger partial charge in [-0.25, -0.2) is 4.98 Å². The van der Waals surface area contributed by atoms with Gasteiger partial charge < -0.3 is 15.0 Å². The molecular weight excluding hydrogens is 410 g/mol. The average molecular weight is 434 g/mol. The number of carbonyl (C=O) groups is 2. The van der Waals surface area contributed by atoms with Gasteiger partial charge in [0.25, 0.3) is 5.91 Å². The normalized spacial score (nSPS) is 17.9. The van der Waals surface area contributed by atoms with Crippen LogP contribution in [0.15, 0.2) is 53.9 Å². The van der Waals surface area contributed by atoms with E-state index < -0.39 is 0 Å². The maximum Gasteiger partial charge on any atom is 0.261 e. The van der Waals surface area contributed by atoms with Crippen LogP contribution < -0.4 is 10.1 Å². The smallest absolute Gasteiger partial charge is 0.261 e. The number of para-hydroxylation sites is 1. The number of nitrogens with one attached hydrogen (secondary N) is 1. The van der Waals surface area contributed by atoms with Crippen LogP contribution in [-0.4, -0.2) is 34.8 Å². The minimum absolute atomic E-state index is 0.00702. The third-order valence-corrected chi connectivity index (χ3v) is 6.71. The fourth-order valence-electron chi connectivity index (χ4n) is 4.19. The summed E-state index contributed by atoms with van der Waals surface area (Å²) in [4.78, 5) is 31.4. The number of hydrogen-bond acceptors (Lipinski definition) is 5. The van der Waals surface area contributed by atoms with Gasteiger partial charge in [-0.15, -0.1) is 11.3 Å². The number of rotatable bonds is 5. The minimum atomic E-state index is -0.0166. The number of likely N-dealkylation sites (tertiary alicyclic amines) is 1. The lowest BCUT2D eigenvalue weighted by atomic mass is 10.0. The summed E-state index contributed by atoms with van der Waals surface area (Å²) in [6.07, 6.45) is 3.40. The molecule has 3 aromatic rings. The highest BCUT2D eigenvalue weighted by molar-refractivity contribution is 7.10. The number of amides is 2. The largest absolute Gasteiger partial charge is 0.484 e. The van der Waals surface area contributed by atoms with Crippen LogP contribution in [0.1, 0.15) is 35.9 Å². The standard InChI is InChI=1S/C24H23N3O3S/c28-22-13-17-12-16(9-10-19(17)25-22)20-15-31-24(26-20)21-8-4-5-11-27(21)23(29)14-30-18-6-2-1-3-7-18/h1-3,6-7,9-10,12,15,21H,4-5,8,11,13-14H2,(H,25,28)/t21-/m1/s1. The van der Waals surface area contributed by atoms with Gasteiger partial charge in [0.2, 0.25) is 5.91 Å². The molecule has 1 fully saturated rings. The van der Waals surface area contributed by atoms with E-state index in [1.165, 1.54) is 0 Å². The van der Waals surface area contributed by atoms with E-state index in [4.69, 9.17) is 9.72 Å². The number of hydrogen-bond donors (Lipinski definition) is 1. The Hall–Kier alpha value is -3.19. The van der Waals surface area contributed by atoms with Gasteiger partial charge in [0.1, 0.15) is 10.8 Å². The number of ether oxygens (including phenoxy) is 1. The van der Waals surface area contributed by atoms with Gasteiger partial charge in [-0.3, -0.25) is 9.59 Å². The molecule has 0 unspecified atom stereocenters. The molecule has 31 heavy (non-hydrogen) atoms. The van der Waals surface area contributed by atoms with Crippen LogP contribution >= 0.6 is 11.3 Å². The SMILES string of the molecule is O=C1Cc2cc(-c3csc([C@H]4CCCCN4C(=O)COc4ccccc4)n3)ccc2N1. The Labute approximate surface area is 184 Å². The molecule has 0 bridgehead atoms. The Kier molecular flexibility index (Phi) is 5.42. The molecule has 1 aromatic heterocycles. The quantitative estimate of drug-likeness (QED) is 0.646. The van der Waals surface area contributed by atoms with Crippen molar-refractivity contribution in [3.63, 3.8) is 0 Å². The van der Waals surface area contributed by atoms with Crippen molar-refractivity contribution in [1.29, 1.82) is 0 Å². The Balaban J connectivity index is 1.32. The van der Waals surface area contributed by atoms with Crippen molar-refractivity contribution in [1.82, 2.24) is 9.88 Å². The Bertz CT molecular complexity index is 1110. The van der Waals surface area contributed by atoms with Crippen molar-refractivity contribution in [3.05, 3.63) is 64.5 Å². The van der Waals surface area contributed by atoms with E-state index in [1.807, 2.05) is 58.8 Å². The summed E-state index contributed by atoms with van der Waals surface area (Å²) in [7, 11) is 0. The van der Waals surface area contributed by atoms with E-state index in [1.54, 1.807) is 11.3 Å². The van der Waals surface area contributed by atoms with E-state index in [0.29, 0.717) is 12.2 Å². The van der Waals surface area contributed by atoms with E-state index in [-0.39, 0.29) is 24.5 Å². The first-order valence-corrected chi connectivity index (χ1v) is 11.4. The van der Waals surface area contributed by atoms with E-state index in [2.05, 4.69) is 5.32 Å². The summed E-state index contributed by atoms with van der Waals surface area (Å²) in [5.74, 6) is 0.721. The molecule has 1 saturated heterocycles. The molecule has 0 radical (unpaired) electrons. The number of carbonyl (C=O) groups excluding carboxylic acids is 2. The minimum Gasteiger partial charge on any atom is -0.484 e. The lowest BCUT2D eigenvalue weighted by molar-refractivity contribution is -0.137. The summed E-state index contributed by atoms with van der Waals surface area (Å²) in [5, 5.41) is 5.86. The first kappa shape index (κ1) is 19.8. The van der Waals surface area contributed by atoms with Gasteiger partial charge in [0, 0.05) is 23.2 Å². The first-order valence-electron chi connectivity index (χ1n) is 10.5. The number of piperidine rings is 1. The molecule has 2 aliphatic rings. The van der Waals surface area contributed by atoms with Gasteiger partial charge >= 0.3 is 0 Å². The van der Waals surface area contributed by atoms with Crippen molar-refractivity contribution in [2.45, 2.75) is 31.7 Å². The summed E-state index contributed by atoms with van der Waals surface area (Å²) >= 11 is 1.59. The number of anilines is 1. The van der Waals surface area contributed by atoms with Crippen LogP contribution in [-0.2, 0) is 16.0 Å². The molecule has 2 amide bonds. The van der Waals surface area contributed by atoms with Crippen LogP contribution in [0.2, 0.25) is 0 Å². The van der Waals surface area contributed by atoms with Crippen LogP contribution in [0.25, 0.3) is 11.3 Å². The summed E-state index contributed by atoms with van der Waals surface area (Å²) < 4.78 is 5.69. The fraction of sp³-hybridized carbons (Fsp3) is 0.292. The third kappa shape index (κ3) is 4.18. The molecule has 2 aromatic carbocycles. The van der Waals surface area contributed by atoms with Gasteiger partial charge in [0.05, 0.1) is 18.2 Å². The van der Waals surface area contributed by atoms with E-state index in [9.17, 15) is 9.59 Å². The molecule has 6 nitrogen and oxygen atoms in total. The summed E-state index contributed by atoms with van der Waals surface area (Å²) in [5.41, 5.74) is 3.77. The van der Waals surface area contributed by atoms with Crippen molar-refractivity contribution in [2.24, 2.45) is 0 Å². The zero-order valence-corrected chi connectivity index (χ0v) is 17.9. The number of fused-ring (bicyclic) bond motifs is 1. The lowest BCUT2D eigenvalue weighted by Crippen LogP contribution is -2.41. The molecule has 1 N–H and O–H groups in total. The summed E-state index contributed by atoms with van der Waals surface area (Å²) in [6, 6.07) is 15.4. The zero-order valence-electron chi connectivity index (χ0n) is 17.0. The van der Waals surface area contributed by atoms with E-state index >= 15 is 0 Å². The number of aromatic nitrogens is 1. The second-order valence-corrected chi connectivity index (χ2v) is 8.76. The number of nitrogens with zero attached hydrogens (tertiary/aromatic N) is 2. The van der Waals surface area contributed by atoms with Gasteiger partial charge in [0.15, 0.2) is 6.61 Å². The van der Waals surface area contributed by atoms with Crippen molar-refractivity contribution >= 4 is 28.8 Å². The molecule has 5 rings (SSSR count). The average Bonchev–Trinajstić information content (AvgIpc) is 3.43. The van der Waals surface area contributed by atoms with E-state index in [0.717, 1.165) is 53.3 Å². The Morgan fingerprint density at radius 2 is 2.06 bits per heavy atom. The number of benzene rings is 2. The monoisotopic (exact) mass is 433 g/mol. The predicted octanol–water partition coefficient (Wildman–Crippen LogP) is 4.44. The predicted molar refractivity (Wildman–Crippen MR) is 120 cm³/mol. The van der Waals surface area contributed by atoms with Crippen LogP contribution in [0.4, 0.5) is 5.69 Å². The zero-order chi connectivity index (χ0) is 21.2. The van der Waals surface area contributed by atoms with Crippen molar-refractivity contribution < 1.29 is 14.3 Å². The maximum absolute atomic E-state index is 12.9. The highest BCUT2D eigenvalue weighted by Crippen LogP contribution is 2.36. The first-order chi connectivity index (χ1) is 15.2. The van der Waals surface area contributed by atoms with Crippen LogP contribution in [0.5, 0.6) is 5.75 Å². The molecule has 1 atom stereocenters. The molecule has 0 spiro atoms.